The summed E-state index contributed by atoms with van der Waals surface area (Å²) in [6, 6.07) is 2.04. The molecule has 1 rings (SSSR count). The fourth-order valence-corrected chi connectivity index (χ4v) is 2.15. The van der Waals surface area contributed by atoms with Crippen LogP contribution in [0.5, 0.6) is 0 Å². The van der Waals surface area contributed by atoms with Crippen LogP contribution < -0.4 is 0 Å². The Kier molecular flexibility index (Phi) is 5.61. The van der Waals surface area contributed by atoms with E-state index in [0.717, 1.165) is 24.9 Å². The van der Waals surface area contributed by atoms with Crippen LogP contribution >= 0.6 is 0 Å². The molecule has 0 spiro atoms. The number of nitrogens with zero attached hydrogens (tertiary/aromatic N) is 1. The lowest BCUT2D eigenvalue weighted by Gasteiger charge is -2.11. The fraction of sp³-hybridized carbons (Fsp3) is 0.714. The summed E-state index contributed by atoms with van der Waals surface area (Å²) in [5, 5.41) is 9.86. The summed E-state index contributed by atoms with van der Waals surface area (Å²) in [5.41, 5.74) is 1.06. The molecule has 0 amide bonds. The topological polar surface area (TPSA) is 25.2 Å². The minimum atomic E-state index is -0.285. The van der Waals surface area contributed by atoms with E-state index in [0.29, 0.717) is 5.92 Å². The lowest BCUT2D eigenvalue weighted by molar-refractivity contribution is 0.166. The van der Waals surface area contributed by atoms with E-state index < -0.39 is 0 Å². The Morgan fingerprint density at radius 2 is 1.94 bits per heavy atom. The van der Waals surface area contributed by atoms with E-state index in [2.05, 4.69) is 37.7 Å². The van der Waals surface area contributed by atoms with Crippen LogP contribution in [-0.4, -0.2) is 9.67 Å². The lowest BCUT2D eigenvalue weighted by atomic mass is 10.1. The minimum Gasteiger partial charge on any atom is -0.388 e. The van der Waals surface area contributed by atoms with E-state index in [9.17, 15) is 5.11 Å². The summed E-state index contributed by atoms with van der Waals surface area (Å²) in [7, 11) is 0. The second-order valence-corrected chi connectivity index (χ2v) is 4.84. The molecule has 1 heterocycles. The van der Waals surface area contributed by atoms with Crippen LogP contribution in [-0.2, 0) is 6.54 Å². The first-order valence-corrected chi connectivity index (χ1v) is 6.51. The van der Waals surface area contributed by atoms with E-state index in [1.165, 1.54) is 12.8 Å². The van der Waals surface area contributed by atoms with Crippen LogP contribution in [0.15, 0.2) is 18.5 Å². The third-order valence-electron chi connectivity index (χ3n) is 3.02. The van der Waals surface area contributed by atoms with E-state index in [1.54, 1.807) is 0 Å². The van der Waals surface area contributed by atoms with Crippen LogP contribution in [0.1, 0.15) is 58.1 Å². The van der Waals surface area contributed by atoms with Crippen molar-refractivity contribution in [2.45, 2.75) is 59.1 Å². The lowest BCUT2D eigenvalue weighted by Crippen LogP contribution is -2.05. The normalized spacial score (nSPS) is 15.0. The Bertz CT molecular complexity index is 293. The average Bonchev–Trinajstić information content (AvgIpc) is 2.67. The van der Waals surface area contributed by atoms with E-state index >= 15 is 0 Å². The molecule has 1 N–H and O–H groups in total. The zero-order chi connectivity index (χ0) is 12.0. The first-order valence-electron chi connectivity index (χ1n) is 6.51. The molecule has 0 radical (unpaired) electrons. The number of aliphatic hydroxyl groups excluding tert-OH is 1. The highest BCUT2D eigenvalue weighted by atomic mass is 16.3. The van der Waals surface area contributed by atoms with Gasteiger partial charge in [0.1, 0.15) is 0 Å². The number of aliphatic hydroxyl groups is 1. The molecular weight excluding hydrogens is 198 g/mol. The molecule has 1 aromatic rings. The van der Waals surface area contributed by atoms with Crippen molar-refractivity contribution in [3.05, 3.63) is 24.0 Å². The Balaban J connectivity index is 2.50. The smallest absolute Gasteiger partial charge is 0.0804 e. The van der Waals surface area contributed by atoms with Gasteiger partial charge in [0.05, 0.1) is 6.10 Å². The van der Waals surface area contributed by atoms with Gasteiger partial charge in [-0.3, -0.25) is 0 Å². The fourth-order valence-electron chi connectivity index (χ4n) is 2.15. The first kappa shape index (κ1) is 13.3. The van der Waals surface area contributed by atoms with Crippen molar-refractivity contribution in [1.29, 1.82) is 0 Å². The molecule has 0 saturated carbocycles. The Morgan fingerprint density at radius 1 is 1.25 bits per heavy atom. The molecule has 0 aliphatic rings. The highest BCUT2D eigenvalue weighted by Crippen LogP contribution is 2.19. The average molecular weight is 223 g/mol. The van der Waals surface area contributed by atoms with Gasteiger partial charge in [0, 0.05) is 18.9 Å². The molecule has 2 atom stereocenters. The molecule has 2 unspecified atom stereocenters. The van der Waals surface area contributed by atoms with Gasteiger partial charge in [0.15, 0.2) is 0 Å². The van der Waals surface area contributed by atoms with Crippen LogP contribution in [0, 0.1) is 5.92 Å². The summed E-state index contributed by atoms with van der Waals surface area (Å²) in [5.74, 6) is 0.716. The highest BCUT2D eigenvalue weighted by Gasteiger charge is 2.08. The van der Waals surface area contributed by atoms with Crippen LogP contribution in [0.4, 0.5) is 0 Å². The van der Waals surface area contributed by atoms with Gasteiger partial charge >= 0.3 is 0 Å². The largest absolute Gasteiger partial charge is 0.388 e. The quantitative estimate of drug-likeness (QED) is 0.748. The maximum atomic E-state index is 9.86. The Labute approximate surface area is 99.3 Å². The molecule has 0 aliphatic carbocycles. The van der Waals surface area contributed by atoms with Gasteiger partial charge in [0.25, 0.3) is 0 Å². The molecule has 2 nitrogen and oxygen atoms in total. The maximum absolute atomic E-state index is 9.86. The molecule has 92 valence electrons. The molecular formula is C14H25NO. The first-order chi connectivity index (χ1) is 7.67. The van der Waals surface area contributed by atoms with Crippen molar-refractivity contribution in [3.8, 4) is 0 Å². The maximum Gasteiger partial charge on any atom is 0.0804 e. The number of hydrogen-bond donors (Lipinski definition) is 1. The van der Waals surface area contributed by atoms with Crippen molar-refractivity contribution >= 4 is 0 Å². The number of aromatic nitrogens is 1. The molecule has 0 aliphatic heterocycles. The molecule has 0 saturated heterocycles. The predicted octanol–water partition coefficient (Wildman–Crippen LogP) is 3.76. The Hall–Kier alpha value is -0.760. The van der Waals surface area contributed by atoms with Gasteiger partial charge in [-0.1, -0.05) is 33.6 Å². The van der Waals surface area contributed by atoms with E-state index in [-0.39, 0.29) is 6.10 Å². The third-order valence-corrected chi connectivity index (χ3v) is 3.02. The summed E-state index contributed by atoms with van der Waals surface area (Å²) >= 11 is 0. The summed E-state index contributed by atoms with van der Waals surface area (Å²) in [6.07, 6.45) is 8.28. The van der Waals surface area contributed by atoms with Gasteiger partial charge in [0.2, 0.25) is 0 Å². The van der Waals surface area contributed by atoms with Crippen molar-refractivity contribution in [2.24, 2.45) is 5.92 Å². The highest BCUT2D eigenvalue weighted by molar-refractivity contribution is 5.13. The molecule has 0 bridgehead atoms. The number of rotatable bonds is 7. The zero-order valence-electron chi connectivity index (χ0n) is 10.8. The van der Waals surface area contributed by atoms with Crippen LogP contribution in [0.2, 0.25) is 0 Å². The standard InChI is InChI=1S/C14H25NO/c1-4-6-12(3)10-15-9-8-13(11-15)14(16)7-5-2/h8-9,11-12,14,16H,4-7,10H2,1-3H3. The van der Waals surface area contributed by atoms with E-state index in [1.807, 2.05) is 6.07 Å². The van der Waals surface area contributed by atoms with Gasteiger partial charge in [-0.2, -0.15) is 0 Å². The number of hydrogen-bond acceptors (Lipinski definition) is 1. The SMILES string of the molecule is CCCC(C)Cn1ccc(C(O)CCC)c1. The molecule has 2 heteroatoms. The second-order valence-electron chi connectivity index (χ2n) is 4.84. The monoisotopic (exact) mass is 223 g/mol. The van der Waals surface area contributed by atoms with Gasteiger partial charge in [-0.15, -0.1) is 0 Å². The zero-order valence-corrected chi connectivity index (χ0v) is 10.8. The Morgan fingerprint density at radius 3 is 2.56 bits per heavy atom. The second kappa shape index (κ2) is 6.74. The summed E-state index contributed by atoms with van der Waals surface area (Å²) in [6.45, 7) is 7.67. The van der Waals surface area contributed by atoms with Gasteiger partial charge in [-0.25, -0.2) is 0 Å². The molecule has 16 heavy (non-hydrogen) atoms. The van der Waals surface area contributed by atoms with Crippen molar-refractivity contribution in [1.82, 2.24) is 4.57 Å². The minimum absolute atomic E-state index is 0.285. The van der Waals surface area contributed by atoms with Crippen LogP contribution in [0.3, 0.4) is 0 Å². The van der Waals surface area contributed by atoms with Crippen molar-refractivity contribution < 1.29 is 5.11 Å². The molecule has 1 aromatic heterocycles. The van der Waals surface area contributed by atoms with Crippen LogP contribution in [0.25, 0.3) is 0 Å². The predicted molar refractivity (Wildman–Crippen MR) is 68.4 cm³/mol. The van der Waals surface area contributed by atoms with E-state index in [4.69, 9.17) is 0 Å². The molecule has 0 aromatic carbocycles. The van der Waals surface area contributed by atoms with Gasteiger partial charge in [-0.05, 0) is 30.4 Å². The summed E-state index contributed by atoms with van der Waals surface area (Å²) < 4.78 is 2.20. The van der Waals surface area contributed by atoms with Crippen molar-refractivity contribution in [2.75, 3.05) is 0 Å². The summed E-state index contributed by atoms with van der Waals surface area (Å²) in [4.78, 5) is 0. The third kappa shape index (κ3) is 4.01. The van der Waals surface area contributed by atoms with Crippen molar-refractivity contribution in [3.63, 3.8) is 0 Å². The van der Waals surface area contributed by atoms with Gasteiger partial charge < -0.3 is 9.67 Å². The molecule has 0 fully saturated rings.